The lowest BCUT2D eigenvalue weighted by Gasteiger charge is -2.10. The second-order valence-corrected chi connectivity index (χ2v) is 6.47. The Balaban J connectivity index is 1.85. The maximum atomic E-state index is 14.3. The molecule has 0 fully saturated rings. The average molecular weight is 360 g/mol. The van der Waals surface area contributed by atoms with Gasteiger partial charge in [0, 0.05) is 27.4 Å². The summed E-state index contributed by atoms with van der Waals surface area (Å²) in [4.78, 5) is 4.24. The summed E-state index contributed by atoms with van der Waals surface area (Å²) in [6.07, 6.45) is 1.76. The van der Waals surface area contributed by atoms with E-state index in [-0.39, 0.29) is 5.82 Å². The summed E-state index contributed by atoms with van der Waals surface area (Å²) in [7, 11) is 0. The van der Waals surface area contributed by atoms with Crippen LogP contribution < -0.4 is 0 Å². The first-order valence-corrected chi connectivity index (χ1v) is 8.17. The quantitative estimate of drug-likeness (QED) is 0.648. The van der Waals surface area contributed by atoms with Crippen LogP contribution >= 0.6 is 23.2 Å². The largest absolute Gasteiger partial charge is 0.286 e. The van der Waals surface area contributed by atoms with Crippen molar-refractivity contribution in [2.45, 2.75) is 13.1 Å². The highest BCUT2D eigenvalue weighted by atomic mass is 35.5. The van der Waals surface area contributed by atoms with Crippen molar-refractivity contribution in [3.05, 3.63) is 75.1 Å². The fourth-order valence-electron chi connectivity index (χ4n) is 2.93. The SMILES string of the molecule is Fc1ccccc1-c1c2c(nn1Cc1cc(Cl)cc(Cl)c1)CN=C2. The van der Waals surface area contributed by atoms with Gasteiger partial charge in [0.2, 0.25) is 0 Å². The molecule has 1 aliphatic heterocycles. The minimum absolute atomic E-state index is 0.286. The smallest absolute Gasteiger partial charge is 0.132 e. The van der Waals surface area contributed by atoms with Crippen LogP contribution in [0.1, 0.15) is 16.8 Å². The number of fused-ring (bicyclic) bond motifs is 1. The number of rotatable bonds is 3. The summed E-state index contributed by atoms with van der Waals surface area (Å²) >= 11 is 12.2. The molecule has 0 bridgehead atoms. The van der Waals surface area contributed by atoms with Gasteiger partial charge in [-0.05, 0) is 35.9 Å². The Morgan fingerprint density at radius 2 is 1.83 bits per heavy atom. The molecule has 0 amide bonds. The van der Waals surface area contributed by atoms with Gasteiger partial charge in [-0.25, -0.2) is 4.39 Å². The molecule has 24 heavy (non-hydrogen) atoms. The van der Waals surface area contributed by atoms with Crippen LogP contribution in [-0.4, -0.2) is 16.0 Å². The normalized spacial score (nSPS) is 12.6. The number of hydrogen-bond donors (Lipinski definition) is 0. The lowest BCUT2D eigenvalue weighted by Crippen LogP contribution is -2.06. The zero-order valence-electron chi connectivity index (χ0n) is 12.5. The van der Waals surface area contributed by atoms with E-state index >= 15 is 0 Å². The highest BCUT2D eigenvalue weighted by molar-refractivity contribution is 6.34. The molecule has 2 aromatic carbocycles. The monoisotopic (exact) mass is 359 g/mol. The third-order valence-electron chi connectivity index (χ3n) is 3.91. The summed E-state index contributed by atoms with van der Waals surface area (Å²) in [5.41, 5.74) is 3.85. The van der Waals surface area contributed by atoms with E-state index in [9.17, 15) is 4.39 Å². The van der Waals surface area contributed by atoms with Gasteiger partial charge in [-0.1, -0.05) is 35.3 Å². The molecular weight excluding hydrogens is 348 g/mol. The molecule has 0 unspecified atom stereocenters. The van der Waals surface area contributed by atoms with Crippen LogP contribution in [0.5, 0.6) is 0 Å². The number of hydrogen-bond acceptors (Lipinski definition) is 2. The van der Waals surface area contributed by atoms with E-state index in [0.717, 1.165) is 22.5 Å². The molecule has 0 atom stereocenters. The molecule has 0 aliphatic carbocycles. The first kappa shape index (κ1) is 15.4. The van der Waals surface area contributed by atoms with Crippen LogP contribution in [0.2, 0.25) is 10.0 Å². The molecule has 0 N–H and O–H groups in total. The molecule has 3 aromatic rings. The van der Waals surface area contributed by atoms with E-state index in [1.54, 1.807) is 29.1 Å². The molecule has 4 rings (SSSR count). The third kappa shape index (κ3) is 2.72. The summed E-state index contributed by atoms with van der Waals surface area (Å²) in [5, 5.41) is 5.72. The van der Waals surface area contributed by atoms with Gasteiger partial charge in [0.25, 0.3) is 0 Å². The number of benzene rings is 2. The highest BCUT2D eigenvalue weighted by Crippen LogP contribution is 2.31. The molecule has 3 nitrogen and oxygen atoms in total. The topological polar surface area (TPSA) is 30.2 Å². The summed E-state index contributed by atoms with van der Waals surface area (Å²) in [6.45, 7) is 0.963. The van der Waals surface area contributed by atoms with Crippen molar-refractivity contribution >= 4 is 29.4 Å². The zero-order chi connectivity index (χ0) is 16.7. The highest BCUT2D eigenvalue weighted by Gasteiger charge is 2.22. The summed E-state index contributed by atoms with van der Waals surface area (Å²) in [5.74, 6) is -0.286. The van der Waals surface area contributed by atoms with E-state index in [1.165, 1.54) is 6.07 Å². The van der Waals surface area contributed by atoms with E-state index in [2.05, 4.69) is 10.1 Å². The molecule has 0 spiro atoms. The minimum Gasteiger partial charge on any atom is -0.286 e. The van der Waals surface area contributed by atoms with Crippen molar-refractivity contribution in [1.82, 2.24) is 9.78 Å². The molecular formula is C18H12Cl2FN3. The molecule has 120 valence electrons. The summed E-state index contributed by atoms with van der Waals surface area (Å²) < 4.78 is 16.1. The Morgan fingerprint density at radius 3 is 2.58 bits per heavy atom. The van der Waals surface area contributed by atoms with E-state index in [0.29, 0.717) is 28.7 Å². The maximum absolute atomic E-state index is 14.3. The Morgan fingerprint density at radius 1 is 1.08 bits per heavy atom. The molecule has 0 radical (unpaired) electrons. The van der Waals surface area contributed by atoms with Crippen LogP contribution in [0.3, 0.4) is 0 Å². The third-order valence-corrected chi connectivity index (χ3v) is 4.35. The Kier molecular flexibility index (Phi) is 3.87. The minimum atomic E-state index is -0.286. The molecule has 0 saturated heterocycles. The number of aromatic nitrogens is 2. The van der Waals surface area contributed by atoms with Gasteiger partial charge in [0.15, 0.2) is 0 Å². The van der Waals surface area contributed by atoms with Gasteiger partial charge >= 0.3 is 0 Å². The number of aliphatic imine (C=N–C) groups is 1. The van der Waals surface area contributed by atoms with Crippen LogP contribution in [0, 0.1) is 5.82 Å². The van der Waals surface area contributed by atoms with E-state index in [4.69, 9.17) is 23.2 Å². The van der Waals surface area contributed by atoms with Crippen molar-refractivity contribution < 1.29 is 4.39 Å². The second kappa shape index (κ2) is 6.04. The van der Waals surface area contributed by atoms with Gasteiger partial charge in [-0.3, -0.25) is 9.67 Å². The van der Waals surface area contributed by atoms with Gasteiger partial charge in [0.05, 0.1) is 24.5 Å². The number of nitrogens with zero attached hydrogens (tertiary/aromatic N) is 3. The van der Waals surface area contributed by atoms with Crippen LogP contribution in [0.25, 0.3) is 11.3 Å². The first-order chi connectivity index (χ1) is 11.6. The zero-order valence-corrected chi connectivity index (χ0v) is 14.0. The van der Waals surface area contributed by atoms with Crippen molar-refractivity contribution in [2.24, 2.45) is 4.99 Å². The van der Waals surface area contributed by atoms with Gasteiger partial charge in [-0.15, -0.1) is 0 Å². The predicted molar refractivity (Wildman–Crippen MR) is 94.5 cm³/mol. The molecule has 1 aliphatic rings. The van der Waals surface area contributed by atoms with Gasteiger partial charge in [0.1, 0.15) is 5.82 Å². The first-order valence-electron chi connectivity index (χ1n) is 7.41. The number of halogens is 3. The van der Waals surface area contributed by atoms with Gasteiger partial charge < -0.3 is 0 Å². The Labute approximate surface area is 148 Å². The van der Waals surface area contributed by atoms with Crippen LogP contribution in [0.4, 0.5) is 4.39 Å². The maximum Gasteiger partial charge on any atom is 0.132 e. The van der Waals surface area contributed by atoms with Crippen molar-refractivity contribution in [2.75, 3.05) is 0 Å². The molecule has 0 saturated carbocycles. The van der Waals surface area contributed by atoms with Crippen LogP contribution in [-0.2, 0) is 13.1 Å². The average Bonchev–Trinajstić information content (AvgIpc) is 3.08. The fourth-order valence-corrected chi connectivity index (χ4v) is 3.50. The van der Waals surface area contributed by atoms with Crippen LogP contribution in [0.15, 0.2) is 47.5 Å². The van der Waals surface area contributed by atoms with E-state index < -0.39 is 0 Å². The summed E-state index contributed by atoms with van der Waals surface area (Å²) in [6, 6.07) is 12.0. The Hall–Kier alpha value is -2.17. The lowest BCUT2D eigenvalue weighted by molar-refractivity contribution is 0.623. The predicted octanol–water partition coefficient (Wildman–Crippen LogP) is 4.98. The van der Waals surface area contributed by atoms with Gasteiger partial charge in [-0.2, -0.15) is 5.10 Å². The molecule has 1 aromatic heterocycles. The van der Waals surface area contributed by atoms with E-state index in [1.807, 2.05) is 18.2 Å². The molecule has 6 heteroatoms. The fraction of sp³-hybridized carbons (Fsp3) is 0.111. The van der Waals surface area contributed by atoms with Crippen molar-refractivity contribution in [3.63, 3.8) is 0 Å². The van der Waals surface area contributed by atoms with Crippen molar-refractivity contribution in [1.29, 1.82) is 0 Å². The molecule has 2 heterocycles. The lowest BCUT2D eigenvalue weighted by atomic mass is 10.1. The second-order valence-electron chi connectivity index (χ2n) is 5.59. The standard InChI is InChI=1S/C18H12Cl2FN3/c19-12-5-11(6-13(20)7-12)10-24-18(14-3-1-2-4-16(14)21)15-8-22-9-17(15)23-24/h1-8H,9-10H2. The Bertz CT molecular complexity index is 943. The van der Waals surface area contributed by atoms with Crippen molar-refractivity contribution in [3.8, 4) is 11.3 Å².